The summed E-state index contributed by atoms with van der Waals surface area (Å²) in [6, 6.07) is 0. The van der Waals surface area contributed by atoms with E-state index in [0.717, 1.165) is 0 Å². The summed E-state index contributed by atoms with van der Waals surface area (Å²) >= 11 is 5.06. The molecule has 0 saturated carbocycles. The minimum atomic E-state index is 0. The zero-order valence-corrected chi connectivity index (χ0v) is 6.47. The molecule has 6 heavy (non-hydrogen) atoms. The van der Waals surface area contributed by atoms with Crippen LogP contribution in [0.15, 0.2) is 0 Å². The number of rotatable bonds is 1. The fraction of sp³-hybridized carbons (Fsp3) is 1.00. The van der Waals surface area contributed by atoms with Gasteiger partial charge in [0.25, 0.3) is 0 Å². The van der Waals surface area contributed by atoms with Gasteiger partial charge in [0.1, 0.15) is 0 Å². The van der Waals surface area contributed by atoms with E-state index in [1.54, 1.807) is 0 Å². The number of alkyl halides is 1. The van der Waals surface area contributed by atoms with Crippen LogP contribution >= 0.6 is 41.0 Å². The highest BCUT2D eigenvalue weighted by atomic mass is 79.9. The summed E-state index contributed by atoms with van der Waals surface area (Å²) < 4.78 is 0. The van der Waals surface area contributed by atoms with Crippen molar-refractivity contribution in [2.45, 2.75) is 0 Å². The van der Waals surface area contributed by atoms with Crippen molar-refractivity contribution in [3.63, 3.8) is 0 Å². The second-order valence-electron chi connectivity index (χ2n) is 0.478. The average Bonchev–Trinajstić information content (AvgIpc) is 1.37. The number of hydrogen-bond donors (Lipinski definition) is 1. The third-order valence-electron chi connectivity index (χ3n) is 0.109. The Balaban J connectivity index is -0.0000000450. The van der Waals surface area contributed by atoms with Crippen LogP contribution in [-0.2, 0) is 0 Å². The second-order valence-corrected chi connectivity index (χ2v) is 0.856. The highest BCUT2D eigenvalue weighted by molar-refractivity contribution is 8.93. The second kappa shape index (κ2) is 16.6. The van der Waals surface area contributed by atoms with Gasteiger partial charge in [0.15, 0.2) is 0 Å². The standard InChI is InChI=1S/C2H6ClN.BrH.ClH/c3-1-2-4;;/h1-2,4H2;2*1H. The quantitative estimate of drug-likeness (QED) is 0.627. The first-order valence-electron chi connectivity index (χ1n) is 1.18. The molecule has 0 radical (unpaired) electrons. The third kappa shape index (κ3) is 19.9. The van der Waals surface area contributed by atoms with Gasteiger partial charge in [0.2, 0.25) is 0 Å². The molecule has 1 nitrogen and oxygen atoms in total. The van der Waals surface area contributed by atoms with Crippen LogP contribution in [0.1, 0.15) is 0 Å². The van der Waals surface area contributed by atoms with Gasteiger partial charge in [-0.3, -0.25) is 0 Å². The van der Waals surface area contributed by atoms with Crippen LogP contribution in [-0.4, -0.2) is 12.4 Å². The Morgan fingerprint density at radius 1 is 1.50 bits per heavy atom. The van der Waals surface area contributed by atoms with E-state index < -0.39 is 0 Å². The fourth-order valence-corrected chi connectivity index (χ4v) is 0. The fourth-order valence-electron chi connectivity index (χ4n) is 0. The minimum absolute atomic E-state index is 0. The summed E-state index contributed by atoms with van der Waals surface area (Å²) in [5.74, 6) is 0.569. The molecule has 2 N–H and O–H groups in total. The van der Waals surface area contributed by atoms with Crippen LogP contribution < -0.4 is 5.73 Å². The van der Waals surface area contributed by atoms with Crippen molar-refractivity contribution < 1.29 is 0 Å². The van der Waals surface area contributed by atoms with E-state index in [0.29, 0.717) is 12.4 Å². The van der Waals surface area contributed by atoms with E-state index in [1.807, 2.05) is 0 Å². The summed E-state index contributed by atoms with van der Waals surface area (Å²) in [7, 11) is 0. The van der Waals surface area contributed by atoms with Crippen LogP contribution in [0.2, 0.25) is 0 Å². The molecule has 0 aromatic carbocycles. The van der Waals surface area contributed by atoms with E-state index in [1.165, 1.54) is 0 Å². The largest absolute Gasteiger partial charge is 0.329 e. The maximum absolute atomic E-state index is 5.06. The van der Waals surface area contributed by atoms with Crippen LogP contribution in [0.3, 0.4) is 0 Å². The Hall–Kier alpha value is 1.02. The minimum Gasteiger partial charge on any atom is -0.329 e. The lowest BCUT2D eigenvalue weighted by atomic mass is 10.8. The number of nitrogens with two attached hydrogens (primary N) is 1. The van der Waals surface area contributed by atoms with E-state index in [9.17, 15) is 0 Å². The van der Waals surface area contributed by atoms with E-state index in [-0.39, 0.29) is 29.4 Å². The van der Waals surface area contributed by atoms with Crippen molar-refractivity contribution in [2.75, 3.05) is 12.4 Å². The van der Waals surface area contributed by atoms with Gasteiger partial charge in [-0.15, -0.1) is 41.0 Å². The zero-order valence-electron chi connectivity index (χ0n) is 3.19. The SMILES string of the molecule is Br.Cl.NCCCl. The Morgan fingerprint density at radius 2 is 1.67 bits per heavy atom. The highest BCUT2D eigenvalue weighted by Crippen LogP contribution is 1.60. The van der Waals surface area contributed by atoms with Gasteiger partial charge in [-0.1, -0.05) is 0 Å². The topological polar surface area (TPSA) is 26.0 Å². The smallest absolute Gasteiger partial charge is 0.0346 e. The molecule has 0 atom stereocenters. The highest BCUT2D eigenvalue weighted by Gasteiger charge is 1.58. The molecule has 0 aliphatic carbocycles. The molecule has 0 rings (SSSR count). The van der Waals surface area contributed by atoms with Crippen LogP contribution in [0.25, 0.3) is 0 Å². The molecule has 42 valence electrons. The predicted molar refractivity (Wildman–Crippen MR) is 37.3 cm³/mol. The maximum atomic E-state index is 5.06. The predicted octanol–water partition coefficient (Wildman–Crippen LogP) is 1.18. The Bertz CT molecular complexity index is 13.5. The molecule has 4 heteroatoms. The molecule has 0 aliphatic rings. The summed E-state index contributed by atoms with van der Waals surface area (Å²) in [6.07, 6.45) is 0. The van der Waals surface area contributed by atoms with E-state index in [4.69, 9.17) is 17.3 Å². The van der Waals surface area contributed by atoms with Gasteiger partial charge in [-0.05, 0) is 0 Å². The Kier molecular flexibility index (Phi) is 43.6. The molecule has 0 aliphatic heterocycles. The maximum Gasteiger partial charge on any atom is 0.0346 e. The van der Waals surface area contributed by atoms with Gasteiger partial charge < -0.3 is 5.73 Å². The van der Waals surface area contributed by atoms with Gasteiger partial charge in [-0.25, -0.2) is 0 Å². The summed E-state index contributed by atoms with van der Waals surface area (Å²) in [4.78, 5) is 0. The molecule has 0 unspecified atom stereocenters. The molecule has 0 aromatic rings. The molecule has 0 amide bonds. The monoisotopic (exact) mass is 195 g/mol. The van der Waals surface area contributed by atoms with Crippen molar-refractivity contribution in [1.29, 1.82) is 0 Å². The summed E-state index contributed by atoms with van der Waals surface area (Å²) in [5, 5.41) is 0. The average molecular weight is 197 g/mol. The van der Waals surface area contributed by atoms with Gasteiger partial charge in [0, 0.05) is 12.4 Å². The molecule has 0 heterocycles. The van der Waals surface area contributed by atoms with Crippen molar-refractivity contribution >= 4 is 41.0 Å². The van der Waals surface area contributed by atoms with Crippen LogP contribution in [0.5, 0.6) is 0 Å². The van der Waals surface area contributed by atoms with Crippen molar-refractivity contribution in [2.24, 2.45) is 5.73 Å². The summed E-state index contributed by atoms with van der Waals surface area (Å²) in [6.45, 7) is 0.585. The molecule has 0 spiro atoms. The van der Waals surface area contributed by atoms with Crippen LogP contribution in [0, 0.1) is 0 Å². The molecule has 0 saturated heterocycles. The Morgan fingerprint density at radius 3 is 1.67 bits per heavy atom. The first-order chi connectivity index (χ1) is 1.91. The molecular formula is C2H8BrCl2N. The van der Waals surface area contributed by atoms with Gasteiger partial charge in [0.05, 0.1) is 0 Å². The zero-order chi connectivity index (χ0) is 3.41. The number of hydrogen-bond acceptors (Lipinski definition) is 1. The van der Waals surface area contributed by atoms with E-state index in [2.05, 4.69) is 0 Å². The van der Waals surface area contributed by atoms with Gasteiger partial charge in [-0.2, -0.15) is 0 Å². The lowest BCUT2D eigenvalue weighted by molar-refractivity contribution is 1.14. The molecule has 0 fully saturated rings. The van der Waals surface area contributed by atoms with Crippen molar-refractivity contribution in [3.05, 3.63) is 0 Å². The van der Waals surface area contributed by atoms with Crippen LogP contribution in [0.4, 0.5) is 0 Å². The normalized spacial score (nSPS) is 5.00. The lowest BCUT2D eigenvalue weighted by Gasteiger charge is -1.68. The molecule has 0 aromatic heterocycles. The van der Waals surface area contributed by atoms with Crippen molar-refractivity contribution in [3.8, 4) is 0 Å². The number of halogens is 3. The summed E-state index contributed by atoms with van der Waals surface area (Å²) in [5.41, 5.74) is 4.90. The molecule has 0 bridgehead atoms. The Labute approximate surface area is 59.4 Å². The first kappa shape index (κ1) is 15.7. The van der Waals surface area contributed by atoms with E-state index >= 15 is 0 Å². The van der Waals surface area contributed by atoms with Crippen molar-refractivity contribution in [1.82, 2.24) is 0 Å². The molecular weight excluding hydrogens is 189 g/mol. The lowest BCUT2D eigenvalue weighted by Crippen LogP contribution is -1.97. The third-order valence-corrected chi connectivity index (χ3v) is 0.327. The first-order valence-corrected chi connectivity index (χ1v) is 1.71. The van der Waals surface area contributed by atoms with Gasteiger partial charge >= 0.3 is 0 Å².